The Morgan fingerprint density at radius 3 is 1.95 bits per heavy atom. The summed E-state index contributed by atoms with van der Waals surface area (Å²) in [4.78, 5) is 0. The first-order chi connectivity index (χ1) is 8.81. The summed E-state index contributed by atoms with van der Waals surface area (Å²) in [6.45, 7) is 10.9. The highest BCUT2D eigenvalue weighted by Gasteiger charge is 2.25. The Hall–Kier alpha value is -0.900. The van der Waals surface area contributed by atoms with E-state index in [2.05, 4.69) is 64.3 Å². The molecule has 0 bridgehead atoms. The average molecular weight is 264 g/mol. The van der Waals surface area contributed by atoms with Crippen LogP contribution in [0.1, 0.15) is 51.8 Å². The van der Waals surface area contributed by atoms with E-state index in [-0.39, 0.29) is 17.6 Å². The molecular formula is C16H28N2O. The van der Waals surface area contributed by atoms with Gasteiger partial charge in [0.25, 0.3) is 0 Å². The lowest BCUT2D eigenvalue weighted by Crippen LogP contribution is -2.40. The zero-order valence-corrected chi connectivity index (χ0v) is 13.0. The minimum absolute atomic E-state index is 0.0130. The smallest absolute Gasteiger partial charge is 0.0801 e. The summed E-state index contributed by atoms with van der Waals surface area (Å²) in [5.74, 6) is 6.11. The SMILES string of the molecule is COC(C(C)C)C(NN)c1ccc(C(C)(C)C)cc1. The number of ether oxygens (including phenoxy) is 1. The van der Waals surface area contributed by atoms with E-state index in [4.69, 9.17) is 10.6 Å². The summed E-state index contributed by atoms with van der Waals surface area (Å²) >= 11 is 0. The summed E-state index contributed by atoms with van der Waals surface area (Å²) in [5.41, 5.74) is 5.54. The van der Waals surface area contributed by atoms with Gasteiger partial charge in [0.15, 0.2) is 0 Å². The molecule has 0 radical (unpaired) electrons. The predicted molar refractivity (Wildman–Crippen MR) is 80.8 cm³/mol. The minimum Gasteiger partial charge on any atom is -0.379 e. The summed E-state index contributed by atoms with van der Waals surface area (Å²) in [7, 11) is 1.73. The average Bonchev–Trinajstić information content (AvgIpc) is 2.34. The molecule has 1 aromatic rings. The van der Waals surface area contributed by atoms with Gasteiger partial charge in [0.1, 0.15) is 0 Å². The van der Waals surface area contributed by atoms with Crippen molar-refractivity contribution in [2.24, 2.45) is 11.8 Å². The van der Waals surface area contributed by atoms with Crippen molar-refractivity contribution in [3.8, 4) is 0 Å². The van der Waals surface area contributed by atoms with Crippen LogP contribution in [-0.2, 0) is 10.2 Å². The maximum Gasteiger partial charge on any atom is 0.0801 e. The van der Waals surface area contributed by atoms with Crippen molar-refractivity contribution in [1.82, 2.24) is 5.43 Å². The standard InChI is InChI=1S/C16H28N2O/c1-11(2)15(19-6)14(18-17)12-7-9-13(10-8-12)16(3,4)5/h7-11,14-15,18H,17H2,1-6H3. The number of methoxy groups -OCH3 is 1. The van der Waals surface area contributed by atoms with E-state index >= 15 is 0 Å². The molecule has 0 aliphatic heterocycles. The van der Waals surface area contributed by atoms with Crippen molar-refractivity contribution in [1.29, 1.82) is 0 Å². The third-order valence-electron chi connectivity index (χ3n) is 3.57. The quantitative estimate of drug-likeness (QED) is 0.634. The van der Waals surface area contributed by atoms with Gasteiger partial charge in [-0.2, -0.15) is 0 Å². The van der Waals surface area contributed by atoms with E-state index in [1.165, 1.54) is 5.56 Å². The first-order valence-electron chi connectivity index (χ1n) is 6.90. The number of hydrogen-bond donors (Lipinski definition) is 2. The van der Waals surface area contributed by atoms with Crippen LogP contribution in [0.3, 0.4) is 0 Å². The second kappa shape index (κ2) is 6.51. The van der Waals surface area contributed by atoms with Gasteiger partial charge in [-0.3, -0.25) is 11.3 Å². The fraction of sp³-hybridized carbons (Fsp3) is 0.625. The third kappa shape index (κ3) is 4.03. The van der Waals surface area contributed by atoms with Gasteiger partial charge in [-0.1, -0.05) is 58.9 Å². The Balaban J connectivity index is 3.00. The second-order valence-electron chi connectivity index (χ2n) is 6.46. The monoisotopic (exact) mass is 264 g/mol. The lowest BCUT2D eigenvalue weighted by atomic mass is 9.85. The van der Waals surface area contributed by atoms with E-state index in [1.54, 1.807) is 7.11 Å². The number of nitrogens with two attached hydrogens (primary N) is 1. The molecule has 0 spiro atoms. The van der Waals surface area contributed by atoms with Gasteiger partial charge < -0.3 is 4.74 Å². The van der Waals surface area contributed by atoms with Crippen LogP contribution in [0.15, 0.2) is 24.3 Å². The topological polar surface area (TPSA) is 47.3 Å². The number of hydrazine groups is 1. The molecule has 19 heavy (non-hydrogen) atoms. The Bertz CT molecular complexity index is 379. The van der Waals surface area contributed by atoms with Crippen LogP contribution in [0.5, 0.6) is 0 Å². The van der Waals surface area contributed by atoms with Crippen molar-refractivity contribution in [3.05, 3.63) is 35.4 Å². The minimum atomic E-state index is 0.0130. The van der Waals surface area contributed by atoms with Crippen molar-refractivity contribution in [2.75, 3.05) is 7.11 Å². The van der Waals surface area contributed by atoms with E-state index in [0.29, 0.717) is 5.92 Å². The van der Waals surface area contributed by atoms with Gasteiger partial charge >= 0.3 is 0 Å². The van der Waals surface area contributed by atoms with Gasteiger partial charge in [-0.15, -0.1) is 0 Å². The van der Waals surface area contributed by atoms with Crippen molar-refractivity contribution < 1.29 is 4.74 Å². The summed E-state index contributed by atoms with van der Waals surface area (Å²) in [6.07, 6.45) is 0.0606. The van der Waals surface area contributed by atoms with Crippen LogP contribution in [-0.4, -0.2) is 13.2 Å². The zero-order valence-electron chi connectivity index (χ0n) is 13.0. The highest BCUT2D eigenvalue weighted by atomic mass is 16.5. The van der Waals surface area contributed by atoms with Gasteiger partial charge in [0.2, 0.25) is 0 Å². The van der Waals surface area contributed by atoms with Gasteiger partial charge in [0.05, 0.1) is 12.1 Å². The van der Waals surface area contributed by atoms with Crippen LogP contribution in [0, 0.1) is 5.92 Å². The molecule has 1 aromatic carbocycles. The Morgan fingerprint density at radius 1 is 1.11 bits per heavy atom. The fourth-order valence-electron chi connectivity index (χ4n) is 2.36. The molecule has 3 N–H and O–H groups in total. The van der Waals surface area contributed by atoms with Crippen LogP contribution in [0.2, 0.25) is 0 Å². The Labute approximate surface area is 117 Å². The second-order valence-corrected chi connectivity index (χ2v) is 6.46. The van der Waals surface area contributed by atoms with Crippen LogP contribution < -0.4 is 11.3 Å². The lowest BCUT2D eigenvalue weighted by molar-refractivity contribution is 0.0326. The predicted octanol–water partition coefficient (Wildman–Crippen LogP) is 3.16. The first-order valence-corrected chi connectivity index (χ1v) is 6.90. The number of nitrogens with one attached hydrogen (secondary N) is 1. The maximum absolute atomic E-state index is 5.71. The lowest BCUT2D eigenvalue weighted by Gasteiger charge is -2.29. The number of benzene rings is 1. The van der Waals surface area contributed by atoms with Crippen molar-refractivity contribution in [2.45, 2.75) is 52.2 Å². The molecule has 3 heteroatoms. The van der Waals surface area contributed by atoms with Crippen LogP contribution in [0.4, 0.5) is 0 Å². The molecule has 0 heterocycles. The zero-order chi connectivity index (χ0) is 14.6. The summed E-state index contributed by atoms with van der Waals surface area (Å²) in [5, 5.41) is 0. The molecular weight excluding hydrogens is 236 g/mol. The molecule has 1 rings (SSSR count). The van der Waals surface area contributed by atoms with Gasteiger partial charge in [0, 0.05) is 7.11 Å². The third-order valence-corrected chi connectivity index (χ3v) is 3.57. The normalized spacial score (nSPS) is 15.6. The highest BCUT2D eigenvalue weighted by Crippen LogP contribution is 2.27. The molecule has 0 fully saturated rings. The summed E-state index contributed by atoms with van der Waals surface area (Å²) in [6, 6.07) is 8.64. The highest BCUT2D eigenvalue weighted by molar-refractivity contribution is 5.29. The molecule has 0 saturated carbocycles. The van der Waals surface area contributed by atoms with Gasteiger partial charge in [-0.25, -0.2) is 0 Å². The largest absolute Gasteiger partial charge is 0.379 e. The van der Waals surface area contributed by atoms with Crippen LogP contribution >= 0.6 is 0 Å². The number of rotatable bonds is 5. The van der Waals surface area contributed by atoms with E-state index in [0.717, 1.165) is 5.56 Å². The summed E-state index contributed by atoms with van der Waals surface area (Å²) < 4.78 is 5.57. The number of hydrogen-bond acceptors (Lipinski definition) is 3. The molecule has 0 aliphatic carbocycles. The van der Waals surface area contributed by atoms with E-state index in [9.17, 15) is 0 Å². The maximum atomic E-state index is 5.71. The van der Waals surface area contributed by atoms with Crippen LogP contribution in [0.25, 0.3) is 0 Å². The molecule has 0 aromatic heterocycles. The first kappa shape index (κ1) is 16.2. The van der Waals surface area contributed by atoms with E-state index < -0.39 is 0 Å². The van der Waals surface area contributed by atoms with Crippen molar-refractivity contribution >= 4 is 0 Å². The Kier molecular flexibility index (Phi) is 5.53. The molecule has 0 saturated heterocycles. The molecule has 2 unspecified atom stereocenters. The van der Waals surface area contributed by atoms with Gasteiger partial charge in [-0.05, 0) is 22.5 Å². The molecule has 2 atom stereocenters. The Morgan fingerprint density at radius 2 is 1.63 bits per heavy atom. The fourth-order valence-corrected chi connectivity index (χ4v) is 2.36. The molecule has 3 nitrogen and oxygen atoms in total. The molecule has 0 amide bonds. The molecule has 108 valence electrons. The molecule has 0 aliphatic rings. The van der Waals surface area contributed by atoms with Crippen molar-refractivity contribution in [3.63, 3.8) is 0 Å². The van der Waals surface area contributed by atoms with E-state index in [1.807, 2.05) is 0 Å².